The van der Waals surface area contributed by atoms with Crippen LogP contribution in [-0.4, -0.2) is 90.7 Å². The molecule has 0 bridgehead atoms. The third kappa shape index (κ3) is 8.63. The minimum Gasteiger partial charge on any atom is -0.508 e. The van der Waals surface area contributed by atoms with E-state index in [0.717, 1.165) is 4.90 Å². The topological polar surface area (TPSA) is 207 Å². The van der Waals surface area contributed by atoms with E-state index in [9.17, 15) is 44.7 Å². The quantitative estimate of drug-likeness (QED) is 0.218. The van der Waals surface area contributed by atoms with E-state index in [1.54, 1.807) is 0 Å². The smallest absolute Gasteiger partial charge is 0.508 e. The molecule has 195 valence electrons. The number of aliphatic carboxylic acids is 3. The second kappa shape index (κ2) is 14.8. The zero-order chi connectivity index (χ0) is 25.4. The maximum absolute atomic E-state index is 12.1. The molecule has 12 nitrogen and oxygen atoms in total. The van der Waals surface area contributed by atoms with Crippen LogP contribution in [0.2, 0.25) is 0 Å². The Morgan fingerprint density at radius 2 is 1.08 bits per heavy atom. The summed E-state index contributed by atoms with van der Waals surface area (Å²) >= 11 is 0. The number of rotatable bonds is 13. The molecule has 0 heterocycles. The molecule has 36 heavy (non-hydrogen) atoms. The van der Waals surface area contributed by atoms with E-state index in [4.69, 9.17) is 0 Å². The largest absolute Gasteiger partial charge is 2.00 e. The number of carbonyl (C=O) groups excluding carboxylic acids is 1. The number of ketones is 1. The molecule has 0 amide bonds. The number of carbonyl (C=O) groups is 4. The molecule has 1 unspecified atom stereocenters. The van der Waals surface area contributed by atoms with Crippen LogP contribution in [-0.2, 0) is 36.2 Å². The summed E-state index contributed by atoms with van der Waals surface area (Å²) in [6, 6.07) is 8.30. The van der Waals surface area contributed by atoms with Crippen molar-refractivity contribution in [1.82, 2.24) is 9.80 Å². The van der Waals surface area contributed by atoms with Gasteiger partial charge in [-0.1, -0.05) is 36.4 Å². The van der Waals surface area contributed by atoms with E-state index in [-0.39, 0.29) is 70.6 Å². The van der Waals surface area contributed by atoms with Gasteiger partial charge < -0.3 is 31.0 Å². The molecule has 0 fully saturated rings. The molecule has 0 aliphatic rings. The zero-order valence-corrected chi connectivity index (χ0v) is 20.4. The Morgan fingerprint density at radius 1 is 0.722 bits per heavy atom. The fraction of sp³-hybridized carbons (Fsp3) is 0.304. The van der Waals surface area contributed by atoms with Crippen LogP contribution >= 0.6 is 0 Å². The Balaban J connectivity index is 0.00000612. The van der Waals surface area contributed by atoms with Gasteiger partial charge >= 0.3 is 35.0 Å². The van der Waals surface area contributed by atoms with Crippen molar-refractivity contribution >= 4 is 23.7 Å². The number of phenols is 2. The molecule has 2 aromatic carbocycles. The standard InChI is InChI=1S/C23H26N2O9.Mn.H2O/c1-14(26)12-24(20(22(31)32)15-6-2-4-8-17(15)27)10-11-25(13-19(29)30)21(23(33)34)16-7-3-5-9-18(16)28;;/h2-9,20-21,27-28H,10-13H2,1H3,(H,29,30)(H,31,32)(H,33,34);;1H2/q;+2;/t20-,21?;;/m0../s1. The molecule has 2 aromatic rings. The number of phenolic OH excluding ortho intramolecular Hbond substituents is 2. The maximum Gasteiger partial charge on any atom is 2.00 e. The first-order chi connectivity index (χ1) is 16.0. The van der Waals surface area contributed by atoms with Crippen LogP contribution in [0.15, 0.2) is 48.5 Å². The second-order valence-corrected chi connectivity index (χ2v) is 7.64. The molecule has 0 spiro atoms. The molecule has 2 atom stereocenters. The molecule has 0 aliphatic heterocycles. The van der Waals surface area contributed by atoms with E-state index in [1.165, 1.54) is 60.4 Å². The van der Waals surface area contributed by atoms with Crippen LogP contribution in [0.5, 0.6) is 11.5 Å². The molecule has 7 N–H and O–H groups in total. The third-order valence-electron chi connectivity index (χ3n) is 5.10. The predicted molar refractivity (Wildman–Crippen MR) is 122 cm³/mol. The predicted octanol–water partition coefficient (Wildman–Crippen LogP) is 0.500. The van der Waals surface area contributed by atoms with E-state index in [0.29, 0.717) is 0 Å². The van der Waals surface area contributed by atoms with Crippen molar-refractivity contribution in [1.29, 1.82) is 0 Å². The van der Waals surface area contributed by atoms with Crippen molar-refractivity contribution in [2.24, 2.45) is 0 Å². The van der Waals surface area contributed by atoms with Gasteiger partial charge in [0.1, 0.15) is 29.4 Å². The number of Topliss-reactive ketones (excluding diaryl/α,β-unsaturated/α-hetero) is 1. The Morgan fingerprint density at radius 3 is 1.39 bits per heavy atom. The van der Waals surface area contributed by atoms with Gasteiger partial charge in [-0.15, -0.1) is 0 Å². The number of carboxylic acids is 3. The Hall–Kier alpha value is -3.48. The van der Waals surface area contributed by atoms with Crippen molar-refractivity contribution in [2.45, 2.75) is 19.0 Å². The summed E-state index contributed by atoms with van der Waals surface area (Å²) in [5, 5.41) is 49.4. The molecular weight excluding hydrogens is 519 g/mol. The van der Waals surface area contributed by atoms with Gasteiger partial charge in [0, 0.05) is 24.2 Å². The van der Waals surface area contributed by atoms with Crippen LogP contribution in [0.3, 0.4) is 0 Å². The number of aromatic hydroxyl groups is 2. The first-order valence-electron chi connectivity index (χ1n) is 10.2. The van der Waals surface area contributed by atoms with Gasteiger partial charge in [0.15, 0.2) is 0 Å². The maximum atomic E-state index is 12.1. The van der Waals surface area contributed by atoms with Crippen molar-refractivity contribution < 1.29 is 67.3 Å². The Bertz CT molecular complexity index is 981. The number of hydrogen-bond donors (Lipinski definition) is 5. The number of hydrogen-bond acceptors (Lipinski definition) is 8. The molecular formula is C23H28MnN2O10+2. The minimum atomic E-state index is -1.55. The van der Waals surface area contributed by atoms with Gasteiger partial charge in [-0.25, -0.2) is 0 Å². The Labute approximate surface area is 217 Å². The summed E-state index contributed by atoms with van der Waals surface area (Å²) in [5.74, 6) is -5.15. The summed E-state index contributed by atoms with van der Waals surface area (Å²) in [7, 11) is 0. The second-order valence-electron chi connectivity index (χ2n) is 7.64. The molecule has 0 saturated heterocycles. The van der Waals surface area contributed by atoms with Gasteiger partial charge in [-0.05, 0) is 19.1 Å². The van der Waals surface area contributed by atoms with Gasteiger partial charge in [-0.3, -0.25) is 29.0 Å². The van der Waals surface area contributed by atoms with Crippen LogP contribution in [0.25, 0.3) is 0 Å². The van der Waals surface area contributed by atoms with Crippen LogP contribution in [0.4, 0.5) is 0 Å². The SMILES string of the molecule is CC(=O)CN(CCN(CC(=O)O)C(C(=O)O)c1ccccc1O)[C@H](C(=O)O)c1ccccc1O.O.[Mn+2]. The van der Waals surface area contributed by atoms with Crippen molar-refractivity contribution in [3.8, 4) is 11.5 Å². The van der Waals surface area contributed by atoms with Crippen LogP contribution in [0, 0.1) is 0 Å². The first kappa shape index (κ1) is 32.5. The van der Waals surface area contributed by atoms with E-state index in [1.807, 2.05) is 0 Å². The van der Waals surface area contributed by atoms with E-state index < -0.39 is 36.5 Å². The zero-order valence-electron chi connectivity index (χ0n) is 19.2. The summed E-state index contributed by atoms with van der Waals surface area (Å²) in [6.45, 7) is -0.334. The molecule has 1 radical (unpaired) electrons. The molecule has 0 aromatic heterocycles. The van der Waals surface area contributed by atoms with E-state index in [2.05, 4.69) is 0 Å². The van der Waals surface area contributed by atoms with Crippen molar-refractivity contribution in [2.75, 3.05) is 26.2 Å². The number of benzene rings is 2. The van der Waals surface area contributed by atoms with Crippen molar-refractivity contribution in [3.05, 3.63) is 59.7 Å². The van der Waals surface area contributed by atoms with E-state index >= 15 is 0 Å². The monoisotopic (exact) mass is 547 g/mol. The van der Waals surface area contributed by atoms with Gasteiger partial charge in [-0.2, -0.15) is 0 Å². The summed E-state index contributed by atoms with van der Waals surface area (Å²) < 4.78 is 0. The molecule has 13 heteroatoms. The van der Waals surface area contributed by atoms with Gasteiger partial charge in [0.25, 0.3) is 0 Å². The average molecular weight is 547 g/mol. The first-order valence-corrected chi connectivity index (χ1v) is 10.2. The molecule has 0 aliphatic carbocycles. The molecule has 2 rings (SSSR count). The van der Waals surface area contributed by atoms with Crippen LogP contribution < -0.4 is 0 Å². The number of nitrogens with zero attached hydrogens (tertiary/aromatic N) is 2. The summed E-state index contributed by atoms with van der Waals surface area (Å²) in [5.41, 5.74) is -0.0126. The van der Waals surface area contributed by atoms with Gasteiger partial charge in [0.2, 0.25) is 0 Å². The Kier molecular flexibility index (Phi) is 13.4. The van der Waals surface area contributed by atoms with Gasteiger partial charge in [0.05, 0.1) is 13.1 Å². The summed E-state index contributed by atoms with van der Waals surface area (Å²) in [4.78, 5) is 49.8. The summed E-state index contributed by atoms with van der Waals surface area (Å²) in [6.07, 6.45) is 0. The van der Waals surface area contributed by atoms with Crippen LogP contribution in [0.1, 0.15) is 30.1 Å². The molecule has 0 saturated carbocycles. The number of para-hydroxylation sites is 2. The fourth-order valence-corrected chi connectivity index (χ4v) is 3.72. The van der Waals surface area contributed by atoms with Crippen molar-refractivity contribution in [3.63, 3.8) is 0 Å². The normalized spacial score (nSPS) is 12.2. The average Bonchev–Trinajstić information content (AvgIpc) is 2.73. The minimum absolute atomic E-state index is 0. The third-order valence-corrected chi connectivity index (χ3v) is 5.10. The fourth-order valence-electron chi connectivity index (χ4n) is 3.72. The number of carboxylic acid groups (broad SMARTS) is 3.